The van der Waals surface area contributed by atoms with Crippen molar-refractivity contribution in [2.75, 3.05) is 6.54 Å². The highest BCUT2D eigenvalue weighted by Crippen LogP contribution is 2.29. The summed E-state index contributed by atoms with van der Waals surface area (Å²) in [5, 5.41) is 2.96. The third-order valence-electron chi connectivity index (χ3n) is 4.39. The van der Waals surface area contributed by atoms with Gasteiger partial charge in [0.1, 0.15) is 5.82 Å². The summed E-state index contributed by atoms with van der Waals surface area (Å²) in [7, 11) is 0. The fourth-order valence-electron chi connectivity index (χ4n) is 2.99. The quantitative estimate of drug-likeness (QED) is 0.668. The number of hydrogen-bond donors (Lipinski definition) is 1. The molecule has 3 aromatic rings. The Bertz CT molecular complexity index is 863. The summed E-state index contributed by atoms with van der Waals surface area (Å²) in [6.07, 6.45) is 0.977. The van der Waals surface area contributed by atoms with E-state index >= 15 is 0 Å². The van der Waals surface area contributed by atoms with Crippen LogP contribution >= 0.6 is 11.3 Å². The number of halogens is 1. The molecule has 2 aromatic carbocycles. The second-order valence-electron chi connectivity index (χ2n) is 6.15. The lowest BCUT2D eigenvalue weighted by Crippen LogP contribution is -2.27. The lowest BCUT2D eigenvalue weighted by molar-refractivity contribution is -0.121. The van der Waals surface area contributed by atoms with Crippen LogP contribution in [-0.2, 0) is 11.2 Å². The lowest BCUT2D eigenvalue weighted by atomic mass is 9.88. The second kappa shape index (κ2) is 8.72. The molecule has 5 heteroatoms. The first-order valence-electron chi connectivity index (χ1n) is 8.60. The summed E-state index contributed by atoms with van der Waals surface area (Å²) >= 11 is 1.60. The van der Waals surface area contributed by atoms with Gasteiger partial charge in [-0.2, -0.15) is 0 Å². The van der Waals surface area contributed by atoms with Gasteiger partial charge in [-0.25, -0.2) is 9.37 Å². The second-order valence-corrected chi connectivity index (χ2v) is 7.09. The van der Waals surface area contributed by atoms with E-state index in [0.29, 0.717) is 12.1 Å². The van der Waals surface area contributed by atoms with Crippen molar-refractivity contribution in [3.63, 3.8) is 0 Å². The molecule has 1 heterocycles. The van der Waals surface area contributed by atoms with Crippen LogP contribution < -0.4 is 5.32 Å². The topological polar surface area (TPSA) is 42.0 Å². The smallest absolute Gasteiger partial charge is 0.220 e. The largest absolute Gasteiger partial charge is 0.356 e. The van der Waals surface area contributed by atoms with Crippen LogP contribution in [0.4, 0.5) is 4.39 Å². The van der Waals surface area contributed by atoms with Crippen LogP contribution in [-0.4, -0.2) is 17.4 Å². The Morgan fingerprint density at radius 1 is 1.15 bits per heavy atom. The van der Waals surface area contributed by atoms with Crippen LogP contribution in [0.3, 0.4) is 0 Å². The predicted octanol–water partition coefficient (Wildman–Crippen LogP) is 4.47. The molecule has 0 bridgehead atoms. The third-order valence-corrected chi connectivity index (χ3v) is 5.39. The van der Waals surface area contributed by atoms with E-state index in [9.17, 15) is 9.18 Å². The number of benzene rings is 2. The standard InChI is InChI=1S/C21H21FN2OS/c1-15-20(26-14-24-15)11-12-23-21(25)13-18(16-7-3-2-4-8-16)17-9-5-6-10-19(17)22/h2-10,14,18H,11-13H2,1H3,(H,23,25)/t18-/m1/s1. The lowest BCUT2D eigenvalue weighted by Gasteiger charge is -2.18. The van der Waals surface area contributed by atoms with E-state index in [1.165, 1.54) is 10.9 Å². The van der Waals surface area contributed by atoms with E-state index in [1.807, 2.05) is 42.8 Å². The number of carbonyl (C=O) groups excluding carboxylic acids is 1. The predicted molar refractivity (Wildman–Crippen MR) is 103 cm³/mol. The Balaban J connectivity index is 1.69. The van der Waals surface area contributed by atoms with Crippen LogP contribution in [0, 0.1) is 12.7 Å². The van der Waals surface area contributed by atoms with Gasteiger partial charge in [-0.1, -0.05) is 48.5 Å². The van der Waals surface area contributed by atoms with Crippen molar-refractivity contribution < 1.29 is 9.18 Å². The van der Waals surface area contributed by atoms with Crippen LogP contribution in [0.25, 0.3) is 0 Å². The van der Waals surface area contributed by atoms with Gasteiger partial charge in [-0.15, -0.1) is 11.3 Å². The minimum atomic E-state index is -0.303. The van der Waals surface area contributed by atoms with Gasteiger partial charge in [0.2, 0.25) is 5.91 Å². The average Bonchev–Trinajstić information content (AvgIpc) is 3.06. The van der Waals surface area contributed by atoms with Crippen LogP contribution in [0.2, 0.25) is 0 Å². The molecule has 134 valence electrons. The van der Waals surface area contributed by atoms with E-state index in [1.54, 1.807) is 29.5 Å². The molecule has 1 amide bonds. The van der Waals surface area contributed by atoms with Crippen molar-refractivity contribution in [2.24, 2.45) is 0 Å². The van der Waals surface area contributed by atoms with Gasteiger partial charge in [0, 0.05) is 30.2 Å². The summed E-state index contributed by atoms with van der Waals surface area (Å²) < 4.78 is 14.3. The molecule has 0 spiro atoms. The van der Waals surface area contributed by atoms with Gasteiger partial charge < -0.3 is 5.32 Å². The summed E-state index contributed by atoms with van der Waals surface area (Å²) in [6.45, 7) is 2.53. The first kappa shape index (κ1) is 18.3. The summed E-state index contributed by atoms with van der Waals surface area (Å²) in [6, 6.07) is 16.3. The normalized spacial score (nSPS) is 11.9. The molecule has 0 aliphatic carbocycles. The van der Waals surface area contributed by atoms with E-state index in [4.69, 9.17) is 0 Å². The molecule has 1 aromatic heterocycles. The number of carbonyl (C=O) groups is 1. The molecule has 0 unspecified atom stereocenters. The number of nitrogens with zero attached hydrogens (tertiary/aromatic N) is 1. The Morgan fingerprint density at radius 3 is 2.58 bits per heavy atom. The fraction of sp³-hybridized carbons (Fsp3) is 0.238. The molecule has 1 N–H and O–H groups in total. The summed E-state index contributed by atoms with van der Waals surface area (Å²) in [5.41, 5.74) is 4.31. The first-order chi connectivity index (χ1) is 12.6. The van der Waals surface area contributed by atoms with Crippen LogP contribution in [0.1, 0.15) is 34.0 Å². The zero-order valence-electron chi connectivity index (χ0n) is 14.6. The highest BCUT2D eigenvalue weighted by molar-refractivity contribution is 7.09. The Kier molecular flexibility index (Phi) is 6.12. The van der Waals surface area contributed by atoms with Crippen molar-refractivity contribution in [2.45, 2.75) is 25.7 Å². The van der Waals surface area contributed by atoms with Gasteiger partial charge in [0.15, 0.2) is 0 Å². The molecular weight excluding hydrogens is 347 g/mol. The number of rotatable bonds is 7. The van der Waals surface area contributed by atoms with E-state index in [-0.39, 0.29) is 24.1 Å². The maximum absolute atomic E-state index is 14.3. The van der Waals surface area contributed by atoms with Crippen LogP contribution in [0.15, 0.2) is 60.1 Å². The van der Waals surface area contributed by atoms with Crippen LogP contribution in [0.5, 0.6) is 0 Å². The molecule has 0 fully saturated rings. The first-order valence-corrected chi connectivity index (χ1v) is 9.48. The maximum atomic E-state index is 14.3. The molecule has 1 atom stereocenters. The van der Waals surface area contributed by atoms with Crippen molar-refractivity contribution >= 4 is 17.2 Å². The molecular formula is C21H21FN2OS. The van der Waals surface area contributed by atoms with Gasteiger partial charge >= 0.3 is 0 Å². The van der Waals surface area contributed by atoms with Gasteiger partial charge in [-0.05, 0) is 24.1 Å². The highest BCUT2D eigenvalue weighted by atomic mass is 32.1. The molecule has 0 saturated carbocycles. The third kappa shape index (κ3) is 4.55. The van der Waals surface area contributed by atoms with Crippen molar-refractivity contribution in [1.29, 1.82) is 0 Å². The summed E-state index contributed by atoms with van der Waals surface area (Å²) in [4.78, 5) is 17.9. The summed E-state index contributed by atoms with van der Waals surface area (Å²) in [5.74, 6) is -0.666. The number of nitrogens with one attached hydrogen (secondary N) is 1. The fourth-order valence-corrected chi connectivity index (χ4v) is 3.77. The SMILES string of the molecule is Cc1ncsc1CCNC(=O)C[C@H](c1ccccc1)c1ccccc1F. The Hall–Kier alpha value is -2.53. The van der Waals surface area contributed by atoms with Gasteiger partial charge in [-0.3, -0.25) is 4.79 Å². The number of hydrogen-bond acceptors (Lipinski definition) is 3. The number of aryl methyl sites for hydroxylation is 1. The number of aromatic nitrogens is 1. The average molecular weight is 368 g/mol. The molecule has 0 aliphatic rings. The van der Waals surface area contributed by atoms with Crippen molar-refractivity contribution in [1.82, 2.24) is 10.3 Å². The highest BCUT2D eigenvalue weighted by Gasteiger charge is 2.21. The minimum Gasteiger partial charge on any atom is -0.356 e. The molecule has 0 radical (unpaired) electrons. The molecule has 0 aliphatic heterocycles. The Labute approximate surface area is 156 Å². The molecule has 26 heavy (non-hydrogen) atoms. The molecule has 0 saturated heterocycles. The van der Waals surface area contributed by atoms with E-state index in [2.05, 4.69) is 10.3 Å². The minimum absolute atomic E-state index is 0.0794. The van der Waals surface area contributed by atoms with E-state index in [0.717, 1.165) is 17.7 Å². The van der Waals surface area contributed by atoms with E-state index < -0.39 is 0 Å². The molecule has 3 nitrogen and oxygen atoms in total. The zero-order valence-corrected chi connectivity index (χ0v) is 15.4. The van der Waals surface area contributed by atoms with Crippen molar-refractivity contribution in [3.8, 4) is 0 Å². The van der Waals surface area contributed by atoms with Gasteiger partial charge in [0.05, 0.1) is 11.2 Å². The monoisotopic (exact) mass is 368 g/mol. The zero-order chi connectivity index (χ0) is 18.4. The number of thiazole rings is 1. The molecule has 3 rings (SSSR count). The number of amides is 1. The maximum Gasteiger partial charge on any atom is 0.220 e. The van der Waals surface area contributed by atoms with Crippen molar-refractivity contribution in [3.05, 3.63) is 87.6 Å². The Morgan fingerprint density at radius 2 is 1.88 bits per heavy atom. The van der Waals surface area contributed by atoms with Gasteiger partial charge in [0.25, 0.3) is 0 Å².